The van der Waals surface area contributed by atoms with Crippen molar-refractivity contribution in [3.8, 4) is 0 Å². The lowest BCUT2D eigenvalue weighted by molar-refractivity contribution is -0.130. The molecule has 3 amide bonds. The predicted molar refractivity (Wildman–Crippen MR) is 140 cm³/mol. The Hall–Kier alpha value is -2.78. The molecule has 0 aliphatic carbocycles. The molecule has 186 valence electrons. The van der Waals surface area contributed by atoms with E-state index in [1.165, 1.54) is 0 Å². The van der Waals surface area contributed by atoms with E-state index in [1.807, 2.05) is 43.2 Å². The van der Waals surface area contributed by atoms with Crippen molar-refractivity contribution in [3.63, 3.8) is 0 Å². The lowest BCUT2D eigenvalue weighted by Crippen LogP contribution is -2.49. The maximum Gasteiger partial charge on any atom is 0.254 e. The maximum absolute atomic E-state index is 13.3. The number of pyridine rings is 1. The van der Waals surface area contributed by atoms with E-state index in [2.05, 4.69) is 42.5 Å². The number of nitrogens with one attached hydrogen (secondary N) is 1. The highest BCUT2D eigenvalue weighted by atomic mass is 79.9. The minimum atomic E-state index is -0.440. The summed E-state index contributed by atoms with van der Waals surface area (Å²) in [4.78, 5) is 45.7. The number of carbonyl (C=O) groups excluding carboxylic acids is 3. The van der Waals surface area contributed by atoms with Crippen LogP contribution in [0.25, 0.3) is 5.52 Å². The van der Waals surface area contributed by atoms with Crippen LogP contribution in [0.1, 0.15) is 55.4 Å². The van der Waals surface area contributed by atoms with Gasteiger partial charge in [-0.2, -0.15) is 0 Å². The van der Waals surface area contributed by atoms with E-state index in [0.717, 1.165) is 39.9 Å². The summed E-state index contributed by atoms with van der Waals surface area (Å²) < 4.78 is 3.07. The molecular formula is C26H32BrN5O3. The van der Waals surface area contributed by atoms with E-state index < -0.39 is 5.92 Å². The first-order valence-corrected chi connectivity index (χ1v) is 12.7. The van der Waals surface area contributed by atoms with Crippen molar-refractivity contribution < 1.29 is 14.4 Å². The van der Waals surface area contributed by atoms with Crippen molar-refractivity contribution in [2.75, 3.05) is 32.7 Å². The van der Waals surface area contributed by atoms with Crippen LogP contribution in [0.3, 0.4) is 0 Å². The molecule has 8 nitrogen and oxygen atoms in total. The molecule has 0 spiro atoms. The standard InChI is InChI=1S/C26H32BrN5O3/c1-15-10-16(2)29-26(35)23(15)13-28-25(34)22-12-21-11-20(27)14-32(21)24(17(22)3)18(4)30-6-8-31(9-7-30)19(5)33/h10-12,14,18,23H,6-9,13H2,1-5H3,(H,28,34). The van der Waals surface area contributed by atoms with Gasteiger partial charge < -0.3 is 14.6 Å². The Balaban J connectivity index is 1.61. The molecule has 0 saturated carbocycles. The van der Waals surface area contributed by atoms with Crippen LogP contribution in [0, 0.1) is 12.8 Å². The van der Waals surface area contributed by atoms with E-state index in [0.29, 0.717) is 24.4 Å². The van der Waals surface area contributed by atoms with Crippen molar-refractivity contribution >= 4 is 44.9 Å². The van der Waals surface area contributed by atoms with Crippen molar-refractivity contribution in [2.24, 2.45) is 10.9 Å². The number of nitrogens with zero attached hydrogens (tertiary/aromatic N) is 4. The maximum atomic E-state index is 13.3. The van der Waals surface area contributed by atoms with Gasteiger partial charge in [0.15, 0.2) is 0 Å². The van der Waals surface area contributed by atoms with Gasteiger partial charge >= 0.3 is 0 Å². The monoisotopic (exact) mass is 541 g/mol. The van der Waals surface area contributed by atoms with E-state index in [-0.39, 0.29) is 30.3 Å². The third kappa shape index (κ3) is 5.11. The van der Waals surface area contributed by atoms with E-state index in [9.17, 15) is 14.4 Å². The Morgan fingerprint density at radius 3 is 2.49 bits per heavy atom. The highest BCUT2D eigenvalue weighted by Gasteiger charge is 2.29. The number of hydrogen-bond donors (Lipinski definition) is 1. The van der Waals surface area contributed by atoms with Gasteiger partial charge in [-0.1, -0.05) is 5.57 Å². The second kappa shape index (κ2) is 10.1. The smallest absolute Gasteiger partial charge is 0.254 e. The third-order valence-electron chi connectivity index (χ3n) is 7.14. The zero-order valence-corrected chi connectivity index (χ0v) is 22.5. The average Bonchev–Trinajstić information content (AvgIpc) is 3.17. The molecule has 0 bridgehead atoms. The molecule has 2 aromatic rings. The Bertz CT molecular complexity index is 1250. The van der Waals surface area contributed by atoms with Gasteiger partial charge in [0.1, 0.15) is 0 Å². The Kier molecular flexibility index (Phi) is 7.28. The Morgan fingerprint density at radius 2 is 1.86 bits per heavy atom. The molecule has 1 N–H and O–H groups in total. The van der Waals surface area contributed by atoms with Crippen molar-refractivity contribution in [1.29, 1.82) is 0 Å². The first kappa shape index (κ1) is 25.3. The molecule has 2 aliphatic heterocycles. The van der Waals surface area contributed by atoms with Gasteiger partial charge in [0.25, 0.3) is 11.8 Å². The van der Waals surface area contributed by atoms with Crippen LogP contribution in [0.5, 0.6) is 0 Å². The van der Waals surface area contributed by atoms with Crippen LogP contribution in [0.4, 0.5) is 0 Å². The molecule has 1 saturated heterocycles. The number of carbonyl (C=O) groups is 3. The lowest BCUT2D eigenvalue weighted by atomic mass is 9.95. The summed E-state index contributed by atoms with van der Waals surface area (Å²) in [5.41, 5.74) is 5.05. The van der Waals surface area contributed by atoms with Gasteiger partial charge in [-0.3, -0.25) is 19.3 Å². The number of aromatic nitrogens is 1. The SMILES string of the molecule is CC(=O)N1CCN(C(C)c2c(C)c(C(=O)NCC3C(=O)N=C(C)C=C3C)cc3cc(Br)cn23)CC1. The fourth-order valence-electron chi connectivity index (χ4n) is 5.14. The van der Waals surface area contributed by atoms with Gasteiger partial charge in [-0.25, -0.2) is 4.99 Å². The van der Waals surface area contributed by atoms with Crippen LogP contribution < -0.4 is 5.32 Å². The lowest BCUT2D eigenvalue weighted by Gasteiger charge is -2.38. The largest absolute Gasteiger partial charge is 0.351 e. The molecule has 1 fully saturated rings. The van der Waals surface area contributed by atoms with Crippen LogP contribution in [0.15, 0.2) is 39.4 Å². The van der Waals surface area contributed by atoms with Crippen molar-refractivity contribution in [2.45, 2.75) is 40.7 Å². The highest BCUT2D eigenvalue weighted by molar-refractivity contribution is 9.10. The summed E-state index contributed by atoms with van der Waals surface area (Å²) in [6.45, 7) is 12.6. The van der Waals surface area contributed by atoms with Gasteiger partial charge in [0, 0.05) is 78.8 Å². The van der Waals surface area contributed by atoms with Crippen LogP contribution >= 0.6 is 15.9 Å². The average molecular weight is 542 g/mol. The predicted octanol–water partition coefficient (Wildman–Crippen LogP) is 3.53. The number of rotatable bonds is 5. The fraction of sp³-hybridized carbons (Fsp3) is 0.462. The minimum Gasteiger partial charge on any atom is -0.351 e. The van der Waals surface area contributed by atoms with E-state index >= 15 is 0 Å². The van der Waals surface area contributed by atoms with Gasteiger partial charge in [0.2, 0.25) is 5.91 Å². The molecule has 0 aromatic carbocycles. The molecule has 4 heterocycles. The zero-order valence-electron chi connectivity index (χ0n) is 20.9. The van der Waals surface area contributed by atoms with Crippen LogP contribution in [0.2, 0.25) is 0 Å². The quantitative estimate of drug-likeness (QED) is 0.627. The number of halogens is 1. The third-order valence-corrected chi connectivity index (χ3v) is 7.58. The number of aliphatic imine (C=N–C) groups is 1. The molecule has 2 aliphatic rings. The summed E-state index contributed by atoms with van der Waals surface area (Å²) in [7, 11) is 0. The topological polar surface area (TPSA) is 86.5 Å². The fourth-order valence-corrected chi connectivity index (χ4v) is 5.57. The van der Waals surface area contributed by atoms with Gasteiger partial charge in [0.05, 0.1) is 5.92 Å². The molecule has 2 unspecified atom stereocenters. The molecule has 35 heavy (non-hydrogen) atoms. The summed E-state index contributed by atoms with van der Waals surface area (Å²) in [5.74, 6) is -0.759. The second-order valence-electron chi connectivity index (χ2n) is 9.48. The van der Waals surface area contributed by atoms with Crippen molar-refractivity contribution in [3.05, 3.63) is 51.3 Å². The van der Waals surface area contributed by atoms with Gasteiger partial charge in [-0.05, 0) is 67.4 Å². The Labute approximate surface area is 214 Å². The first-order chi connectivity index (χ1) is 16.6. The molecule has 4 rings (SSSR count). The molecule has 2 aromatic heterocycles. The minimum absolute atomic E-state index is 0.0427. The number of dihydropyridines is 1. The molecule has 9 heteroatoms. The summed E-state index contributed by atoms with van der Waals surface area (Å²) in [6.07, 6.45) is 3.91. The summed E-state index contributed by atoms with van der Waals surface area (Å²) in [6, 6.07) is 3.93. The van der Waals surface area contributed by atoms with Crippen molar-refractivity contribution in [1.82, 2.24) is 19.5 Å². The second-order valence-corrected chi connectivity index (χ2v) is 10.4. The number of hydrogen-bond acceptors (Lipinski definition) is 4. The zero-order chi connectivity index (χ0) is 25.4. The van der Waals surface area contributed by atoms with Gasteiger partial charge in [-0.15, -0.1) is 0 Å². The number of allylic oxidation sites excluding steroid dienone is 1. The highest BCUT2D eigenvalue weighted by Crippen LogP contribution is 2.31. The Morgan fingerprint density at radius 1 is 1.17 bits per heavy atom. The molecule has 2 atom stereocenters. The normalized spacial score (nSPS) is 20.0. The van der Waals surface area contributed by atoms with Crippen LogP contribution in [-0.2, 0) is 9.59 Å². The number of fused-ring (bicyclic) bond motifs is 1. The first-order valence-electron chi connectivity index (χ1n) is 11.9. The van der Waals surface area contributed by atoms with E-state index in [1.54, 1.807) is 13.8 Å². The summed E-state index contributed by atoms with van der Waals surface area (Å²) in [5, 5.41) is 2.97. The molecular weight excluding hydrogens is 510 g/mol. The number of piperazine rings is 1. The summed E-state index contributed by atoms with van der Waals surface area (Å²) >= 11 is 3.58. The van der Waals surface area contributed by atoms with E-state index in [4.69, 9.17) is 0 Å². The number of amides is 3. The molecule has 0 radical (unpaired) electrons. The van der Waals surface area contributed by atoms with Crippen LogP contribution in [-0.4, -0.2) is 70.4 Å².